The van der Waals surface area contributed by atoms with Crippen molar-refractivity contribution in [3.05, 3.63) is 35.9 Å². The molecule has 0 saturated carbocycles. The number of carboxylic acids is 2. The first-order valence-corrected chi connectivity index (χ1v) is 12.3. The first-order chi connectivity index (χ1) is 17.4. The van der Waals surface area contributed by atoms with Gasteiger partial charge in [-0.2, -0.15) is 0 Å². The molecule has 0 heterocycles. The standard InChI is InChI=1S/C25H39N5O7/c1-15(2)12-18(28-22(33)17(27)10-6-7-11-26)23(34)29-19(14-21(31)32)24(35)30-20(25(36)37)13-16-8-4-3-5-9-16/h3-5,8-9,15,17-20H,6-7,10-14,26-27H2,1-2H3,(H,28,33)(H,29,34)(H,30,35)(H,31,32)(H,36,37). The Morgan fingerprint density at radius 3 is 1.95 bits per heavy atom. The van der Waals surface area contributed by atoms with Crippen LogP contribution in [0.15, 0.2) is 30.3 Å². The van der Waals surface area contributed by atoms with Crippen LogP contribution in [0.4, 0.5) is 0 Å². The molecule has 1 rings (SSSR count). The lowest BCUT2D eigenvalue weighted by molar-refractivity contribution is -0.143. The van der Waals surface area contributed by atoms with Crippen molar-refractivity contribution < 1.29 is 34.2 Å². The van der Waals surface area contributed by atoms with Crippen molar-refractivity contribution in [3.8, 4) is 0 Å². The fourth-order valence-electron chi connectivity index (χ4n) is 3.60. The summed E-state index contributed by atoms with van der Waals surface area (Å²) in [5.41, 5.74) is 12.0. The third-order valence-electron chi connectivity index (χ3n) is 5.56. The second-order valence-electron chi connectivity index (χ2n) is 9.33. The molecule has 0 aliphatic carbocycles. The molecule has 0 radical (unpaired) electrons. The number of hydrogen-bond donors (Lipinski definition) is 7. The molecule has 12 heteroatoms. The predicted molar refractivity (Wildman–Crippen MR) is 136 cm³/mol. The van der Waals surface area contributed by atoms with Gasteiger partial charge < -0.3 is 37.6 Å². The minimum absolute atomic E-state index is 0.0291. The van der Waals surface area contributed by atoms with E-state index in [-0.39, 0.29) is 18.8 Å². The van der Waals surface area contributed by atoms with Crippen LogP contribution in [0.5, 0.6) is 0 Å². The van der Waals surface area contributed by atoms with Crippen LogP contribution in [0, 0.1) is 5.92 Å². The molecule has 0 aromatic heterocycles. The van der Waals surface area contributed by atoms with Gasteiger partial charge in [-0.05, 0) is 37.3 Å². The molecule has 12 nitrogen and oxygen atoms in total. The highest BCUT2D eigenvalue weighted by Gasteiger charge is 2.32. The SMILES string of the molecule is CC(C)CC(NC(=O)C(N)CCCCN)C(=O)NC(CC(=O)O)C(=O)NC(Cc1ccccc1)C(=O)O. The van der Waals surface area contributed by atoms with E-state index in [0.29, 0.717) is 31.4 Å². The van der Waals surface area contributed by atoms with Crippen molar-refractivity contribution >= 4 is 29.7 Å². The quantitative estimate of drug-likeness (QED) is 0.134. The van der Waals surface area contributed by atoms with Crippen LogP contribution in [-0.2, 0) is 30.4 Å². The summed E-state index contributed by atoms with van der Waals surface area (Å²) in [6.45, 7) is 4.13. The molecule has 1 aromatic rings. The molecule has 4 atom stereocenters. The summed E-state index contributed by atoms with van der Waals surface area (Å²) < 4.78 is 0. The zero-order valence-corrected chi connectivity index (χ0v) is 21.3. The number of carbonyl (C=O) groups is 5. The fourth-order valence-corrected chi connectivity index (χ4v) is 3.60. The van der Waals surface area contributed by atoms with Gasteiger partial charge in [-0.1, -0.05) is 50.6 Å². The number of hydrogen-bond acceptors (Lipinski definition) is 7. The second-order valence-corrected chi connectivity index (χ2v) is 9.33. The van der Waals surface area contributed by atoms with Gasteiger partial charge in [0.2, 0.25) is 17.7 Å². The van der Waals surface area contributed by atoms with E-state index in [2.05, 4.69) is 16.0 Å². The van der Waals surface area contributed by atoms with Gasteiger partial charge in [-0.15, -0.1) is 0 Å². The highest BCUT2D eigenvalue weighted by atomic mass is 16.4. The van der Waals surface area contributed by atoms with E-state index >= 15 is 0 Å². The molecular formula is C25H39N5O7. The maximum absolute atomic E-state index is 13.0. The van der Waals surface area contributed by atoms with Crippen LogP contribution in [0.1, 0.15) is 51.5 Å². The van der Waals surface area contributed by atoms with Gasteiger partial charge in [-0.3, -0.25) is 19.2 Å². The van der Waals surface area contributed by atoms with Gasteiger partial charge in [0.25, 0.3) is 0 Å². The van der Waals surface area contributed by atoms with Gasteiger partial charge >= 0.3 is 11.9 Å². The van der Waals surface area contributed by atoms with Gasteiger partial charge in [0.1, 0.15) is 18.1 Å². The molecule has 0 fully saturated rings. The summed E-state index contributed by atoms with van der Waals surface area (Å²) in [5.74, 6) is -5.00. The van der Waals surface area contributed by atoms with E-state index in [1.807, 2.05) is 13.8 Å². The van der Waals surface area contributed by atoms with Gasteiger partial charge in [0.15, 0.2) is 0 Å². The molecule has 4 unspecified atom stereocenters. The first kappa shape index (κ1) is 31.5. The maximum Gasteiger partial charge on any atom is 0.326 e. The Hall–Kier alpha value is -3.51. The van der Waals surface area contributed by atoms with E-state index in [4.69, 9.17) is 11.5 Å². The highest BCUT2D eigenvalue weighted by molar-refractivity contribution is 5.95. The third kappa shape index (κ3) is 12.3. The molecule has 37 heavy (non-hydrogen) atoms. The molecule has 0 saturated heterocycles. The zero-order valence-electron chi connectivity index (χ0n) is 21.3. The van der Waals surface area contributed by atoms with Crippen molar-refractivity contribution in [2.45, 2.75) is 76.5 Å². The first-order valence-electron chi connectivity index (χ1n) is 12.3. The minimum atomic E-state index is -1.56. The number of carbonyl (C=O) groups excluding carboxylic acids is 3. The molecule has 0 aliphatic heterocycles. The number of carboxylic acid groups (broad SMARTS) is 2. The van der Waals surface area contributed by atoms with Crippen molar-refractivity contribution in [1.82, 2.24) is 16.0 Å². The van der Waals surface area contributed by atoms with Crippen LogP contribution >= 0.6 is 0 Å². The van der Waals surface area contributed by atoms with Crippen molar-refractivity contribution in [1.29, 1.82) is 0 Å². The number of benzene rings is 1. The molecule has 0 bridgehead atoms. The Labute approximate surface area is 216 Å². The van der Waals surface area contributed by atoms with E-state index in [1.165, 1.54) is 0 Å². The monoisotopic (exact) mass is 521 g/mol. The lowest BCUT2D eigenvalue weighted by Crippen LogP contribution is -2.57. The van der Waals surface area contributed by atoms with Crippen LogP contribution in [0.2, 0.25) is 0 Å². The number of aliphatic carboxylic acids is 2. The Morgan fingerprint density at radius 1 is 0.838 bits per heavy atom. The topological polar surface area (TPSA) is 214 Å². The molecule has 0 spiro atoms. The van der Waals surface area contributed by atoms with E-state index in [0.717, 1.165) is 0 Å². The molecule has 1 aromatic carbocycles. The lowest BCUT2D eigenvalue weighted by Gasteiger charge is -2.25. The number of rotatable bonds is 17. The van der Waals surface area contributed by atoms with Crippen LogP contribution in [0.25, 0.3) is 0 Å². The molecule has 3 amide bonds. The fraction of sp³-hybridized carbons (Fsp3) is 0.560. The summed E-state index contributed by atoms with van der Waals surface area (Å²) in [5, 5.41) is 26.1. The summed E-state index contributed by atoms with van der Waals surface area (Å²) in [7, 11) is 0. The second kappa shape index (κ2) is 16.3. The van der Waals surface area contributed by atoms with Crippen molar-refractivity contribution in [2.24, 2.45) is 17.4 Å². The number of amides is 3. The van der Waals surface area contributed by atoms with E-state index in [1.54, 1.807) is 30.3 Å². The summed E-state index contributed by atoms with van der Waals surface area (Å²) >= 11 is 0. The largest absolute Gasteiger partial charge is 0.481 e. The number of nitrogens with one attached hydrogen (secondary N) is 3. The smallest absolute Gasteiger partial charge is 0.326 e. The number of nitrogens with two attached hydrogens (primary N) is 2. The lowest BCUT2D eigenvalue weighted by atomic mass is 10.0. The number of unbranched alkanes of at least 4 members (excludes halogenated alkanes) is 1. The summed E-state index contributed by atoms with van der Waals surface area (Å²) in [4.78, 5) is 61.6. The zero-order chi connectivity index (χ0) is 28.0. The normalized spacial score (nSPS) is 14.2. The van der Waals surface area contributed by atoms with Crippen LogP contribution in [-0.4, -0.2) is 70.6 Å². The average Bonchev–Trinajstić information content (AvgIpc) is 2.82. The average molecular weight is 522 g/mol. The van der Waals surface area contributed by atoms with Gasteiger partial charge in [-0.25, -0.2) is 4.79 Å². The Morgan fingerprint density at radius 2 is 1.41 bits per heavy atom. The van der Waals surface area contributed by atoms with E-state index < -0.39 is 60.2 Å². The molecule has 206 valence electrons. The van der Waals surface area contributed by atoms with Crippen LogP contribution < -0.4 is 27.4 Å². The van der Waals surface area contributed by atoms with Gasteiger partial charge in [0, 0.05) is 6.42 Å². The molecule has 0 aliphatic rings. The summed E-state index contributed by atoms with van der Waals surface area (Å²) in [6.07, 6.45) is 1.10. The highest BCUT2D eigenvalue weighted by Crippen LogP contribution is 2.09. The molecular weight excluding hydrogens is 482 g/mol. The summed E-state index contributed by atoms with van der Waals surface area (Å²) in [6, 6.07) is 3.74. The van der Waals surface area contributed by atoms with Gasteiger partial charge in [0.05, 0.1) is 12.5 Å². The van der Waals surface area contributed by atoms with Crippen LogP contribution in [0.3, 0.4) is 0 Å². The molecule has 9 N–H and O–H groups in total. The van der Waals surface area contributed by atoms with Crippen molar-refractivity contribution in [3.63, 3.8) is 0 Å². The predicted octanol–water partition coefficient (Wildman–Crippen LogP) is -0.255. The Bertz CT molecular complexity index is 910. The van der Waals surface area contributed by atoms with Crippen molar-refractivity contribution in [2.75, 3.05) is 6.54 Å². The minimum Gasteiger partial charge on any atom is -0.481 e. The Kier molecular flexibility index (Phi) is 13.9. The maximum atomic E-state index is 13.0. The third-order valence-corrected chi connectivity index (χ3v) is 5.56. The van der Waals surface area contributed by atoms with E-state index in [9.17, 15) is 34.2 Å². The Balaban J connectivity index is 2.96.